The van der Waals surface area contributed by atoms with Gasteiger partial charge in [-0.15, -0.1) is 0 Å². The summed E-state index contributed by atoms with van der Waals surface area (Å²) in [6.07, 6.45) is 17.0. The smallest absolute Gasteiger partial charge is 0.265 e. The van der Waals surface area contributed by atoms with Gasteiger partial charge in [0, 0.05) is 48.7 Å². The van der Waals surface area contributed by atoms with E-state index in [1.165, 1.54) is 24.8 Å². The van der Waals surface area contributed by atoms with Crippen molar-refractivity contribution >= 4 is 32.7 Å². The van der Waals surface area contributed by atoms with Gasteiger partial charge in [0.15, 0.2) is 0 Å². The first-order valence-corrected chi connectivity index (χ1v) is 21.1. The summed E-state index contributed by atoms with van der Waals surface area (Å²) in [4.78, 5) is 33.7. The molecule has 10 heteroatoms. The summed E-state index contributed by atoms with van der Waals surface area (Å²) in [7, 11) is 0.0665. The fourth-order valence-electron chi connectivity index (χ4n) is 11.0. The van der Waals surface area contributed by atoms with Crippen LogP contribution in [0.2, 0.25) is 0 Å². The van der Waals surface area contributed by atoms with E-state index in [1.807, 2.05) is 0 Å². The molecule has 2 aromatic rings. The van der Waals surface area contributed by atoms with Crippen LogP contribution in [0.4, 0.5) is 0 Å². The molecule has 4 heterocycles. The Labute approximate surface area is 301 Å². The van der Waals surface area contributed by atoms with Crippen molar-refractivity contribution in [2.24, 2.45) is 11.8 Å². The predicted molar refractivity (Wildman–Crippen MR) is 196 cm³/mol. The van der Waals surface area contributed by atoms with E-state index < -0.39 is 20.7 Å². The van der Waals surface area contributed by atoms with E-state index in [1.54, 1.807) is 7.11 Å². The minimum atomic E-state index is -3.81. The van der Waals surface area contributed by atoms with Crippen molar-refractivity contribution in [3.05, 3.63) is 63.9 Å². The molecule has 5 fully saturated rings. The molecule has 4 atom stereocenters. The Morgan fingerprint density at radius 1 is 1.00 bits per heavy atom. The van der Waals surface area contributed by atoms with Gasteiger partial charge >= 0.3 is 0 Å². The molecule has 0 spiro atoms. The molecule has 2 bridgehead atoms. The number of piperazine rings is 1. The number of methoxy groups -OCH3 is 1. The lowest BCUT2D eigenvalue weighted by molar-refractivity contribution is -0.141. The molecule has 3 aliphatic heterocycles. The molecule has 1 aromatic carbocycles. The Bertz CT molecular complexity index is 2050. The molecular weight excluding hydrogens is 661 g/mol. The van der Waals surface area contributed by atoms with Crippen LogP contribution in [0, 0.1) is 11.8 Å². The number of nitrogens with one attached hydrogen (secondary N) is 1. The Morgan fingerprint density at radius 3 is 2.43 bits per heavy atom. The second kappa shape index (κ2) is 11.6. The van der Waals surface area contributed by atoms with Crippen LogP contribution in [0.1, 0.15) is 107 Å². The zero-order valence-electron chi connectivity index (χ0n) is 30.0. The number of benzene rings is 1. The number of likely N-dealkylation sites (tertiary alicyclic amines) is 1. The minimum Gasteiger partial charge on any atom is -0.496 e. The van der Waals surface area contributed by atoms with Crippen molar-refractivity contribution in [1.82, 2.24) is 19.1 Å². The zero-order valence-corrected chi connectivity index (χ0v) is 30.8. The van der Waals surface area contributed by atoms with Gasteiger partial charge in [-0.2, -0.15) is 0 Å². The summed E-state index contributed by atoms with van der Waals surface area (Å²) in [5.41, 5.74) is 6.83. The Hall–Kier alpha value is -3.37. The average Bonchev–Trinajstić information content (AvgIpc) is 4.05. The molecule has 9 nitrogen and oxygen atoms in total. The lowest BCUT2D eigenvalue weighted by atomic mass is 9.75. The monoisotopic (exact) mass is 710 g/mol. The van der Waals surface area contributed by atoms with Crippen molar-refractivity contribution in [1.29, 1.82) is 0 Å². The third-order valence-electron chi connectivity index (χ3n) is 13.9. The maximum absolute atomic E-state index is 14.9. The Kier molecular flexibility index (Phi) is 7.32. The highest BCUT2D eigenvalue weighted by Crippen LogP contribution is 2.57. The number of hydrogen-bond donors (Lipinski definition) is 1. The molecular formula is C41H50N4O5S. The van der Waals surface area contributed by atoms with Crippen molar-refractivity contribution < 1.29 is 22.7 Å². The fraction of sp³-hybridized carbons (Fsp3) is 0.610. The SMILES string of the molecule is COc1ccc(C2CCCCC2)c2c1cc1n2CC2=C(C(=O)NS(=O)(=O)C3(CC4CC4)CC3)C2=C2C=CC[C@@H](C(=O)N3C4CCC3CN(C)C4)C21. The number of aromatic nitrogens is 1. The van der Waals surface area contributed by atoms with Crippen molar-refractivity contribution in [3.8, 4) is 5.75 Å². The van der Waals surface area contributed by atoms with E-state index in [0.717, 1.165) is 90.7 Å². The average molecular weight is 711 g/mol. The molecule has 2 saturated heterocycles. The molecule has 10 rings (SSSR count). The van der Waals surface area contributed by atoms with Gasteiger partial charge in [0.1, 0.15) is 5.75 Å². The molecule has 2 amide bonds. The van der Waals surface area contributed by atoms with E-state index >= 15 is 0 Å². The highest BCUT2D eigenvalue weighted by Gasteiger charge is 2.58. The number of amides is 2. The van der Waals surface area contributed by atoms with Crippen molar-refractivity contribution in [3.63, 3.8) is 0 Å². The summed E-state index contributed by atoms with van der Waals surface area (Å²) >= 11 is 0. The molecule has 1 aromatic heterocycles. The van der Waals surface area contributed by atoms with E-state index in [-0.39, 0.29) is 29.8 Å². The maximum Gasteiger partial charge on any atom is 0.265 e. The second-order valence-corrected chi connectivity index (χ2v) is 19.2. The number of carbonyl (C=O) groups excluding carboxylic acids is 2. The Morgan fingerprint density at radius 2 is 1.75 bits per heavy atom. The van der Waals surface area contributed by atoms with Gasteiger partial charge in [-0.1, -0.05) is 50.3 Å². The van der Waals surface area contributed by atoms with Gasteiger partial charge < -0.3 is 19.1 Å². The number of allylic oxidation sites excluding steroid dienone is 4. The van der Waals surface area contributed by atoms with Gasteiger partial charge in [0.05, 0.1) is 28.9 Å². The lowest BCUT2D eigenvalue weighted by Crippen LogP contribution is -2.56. The second-order valence-electron chi connectivity index (χ2n) is 17.1. The van der Waals surface area contributed by atoms with E-state index in [2.05, 4.69) is 56.5 Å². The number of rotatable bonds is 8. The van der Waals surface area contributed by atoms with Crippen LogP contribution in [-0.4, -0.2) is 78.7 Å². The maximum atomic E-state index is 14.9. The van der Waals surface area contributed by atoms with Crippen molar-refractivity contribution in [2.45, 2.75) is 119 Å². The van der Waals surface area contributed by atoms with E-state index in [9.17, 15) is 18.0 Å². The first kappa shape index (κ1) is 32.3. The lowest BCUT2D eigenvalue weighted by Gasteiger charge is -2.43. The molecule has 270 valence electrons. The quantitative estimate of drug-likeness (QED) is 0.358. The van der Waals surface area contributed by atoms with Crippen LogP contribution in [0.3, 0.4) is 0 Å². The van der Waals surface area contributed by atoms with Gasteiger partial charge in [0.2, 0.25) is 15.9 Å². The molecule has 3 saturated carbocycles. The molecule has 3 unspecified atom stereocenters. The van der Waals surface area contributed by atoms with Gasteiger partial charge in [-0.25, -0.2) is 13.1 Å². The molecule has 0 radical (unpaired) electrons. The Balaban J connectivity index is 1.10. The molecule has 51 heavy (non-hydrogen) atoms. The number of fused-ring (bicyclic) bond motifs is 8. The van der Waals surface area contributed by atoms with Crippen LogP contribution in [0.25, 0.3) is 10.9 Å². The number of nitrogens with zero attached hydrogens (tertiary/aromatic N) is 3. The number of carbonyl (C=O) groups is 2. The number of sulfonamides is 1. The molecule has 5 aliphatic carbocycles. The predicted octanol–water partition coefficient (Wildman–Crippen LogP) is 6.06. The third kappa shape index (κ3) is 5.05. The van der Waals surface area contributed by atoms with Gasteiger partial charge in [0.25, 0.3) is 5.91 Å². The van der Waals surface area contributed by atoms with Crippen molar-refractivity contribution in [2.75, 3.05) is 27.2 Å². The van der Waals surface area contributed by atoms with E-state index in [0.29, 0.717) is 49.6 Å². The highest BCUT2D eigenvalue weighted by molar-refractivity contribution is 7.91. The van der Waals surface area contributed by atoms with Gasteiger partial charge in [-0.3, -0.25) is 9.59 Å². The summed E-state index contributed by atoms with van der Waals surface area (Å²) in [5, 5.41) is 1.06. The first-order chi connectivity index (χ1) is 24.7. The third-order valence-corrected chi connectivity index (χ3v) is 16.1. The summed E-state index contributed by atoms with van der Waals surface area (Å²) in [6.45, 7) is 2.28. The first-order valence-electron chi connectivity index (χ1n) is 19.6. The van der Waals surface area contributed by atoms with Crippen LogP contribution >= 0.6 is 0 Å². The normalized spacial score (nSPS) is 29.8. The minimum absolute atomic E-state index is 0.216. The topological polar surface area (TPSA) is 101 Å². The standard InChI is InChI=1S/C41H50N4O5S/c1-43-21-26-13-14-27(22-43)45(26)40(47)30-10-6-9-29-35(30)33-19-31-34(50-2)16-15-28(25-7-4-3-5-8-25)38(31)44(33)23-32-36(29)37(32)39(46)42-51(48,49)41(17-18-41)20-24-11-12-24/h6,9,15-16,19,24-27,30,35H,3-5,7-8,10-14,17-18,20-23H2,1-2H3,(H,42,46)/t26?,27?,30-,35?/m1/s1. The number of ether oxygens (including phenoxy) is 1. The van der Waals surface area contributed by atoms with Gasteiger partial charge in [-0.05, 0) is 105 Å². The summed E-state index contributed by atoms with van der Waals surface area (Å²) in [6, 6.07) is 7.07. The number of likely N-dealkylation sites (N-methyl/N-ethyl adjacent to an activating group) is 1. The van der Waals surface area contributed by atoms with Crippen LogP contribution in [0.15, 0.2) is 52.6 Å². The highest BCUT2D eigenvalue weighted by atomic mass is 32.2. The van der Waals surface area contributed by atoms with E-state index in [4.69, 9.17) is 4.74 Å². The fourth-order valence-corrected chi connectivity index (χ4v) is 12.7. The molecule has 1 N–H and O–H groups in total. The molecule has 8 aliphatic rings. The van der Waals surface area contributed by atoms with Crippen LogP contribution in [0.5, 0.6) is 5.75 Å². The zero-order chi connectivity index (χ0) is 34.8. The van der Waals surface area contributed by atoms with Crippen LogP contribution in [-0.2, 0) is 26.2 Å². The summed E-state index contributed by atoms with van der Waals surface area (Å²) < 4.78 is 37.7. The largest absolute Gasteiger partial charge is 0.496 e. The summed E-state index contributed by atoms with van der Waals surface area (Å²) in [5.74, 6) is 0.876. The number of hydrogen-bond acceptors (Lipinski definition) is 6. The van der Waals surface area contributed by atoms with Crippen LogP contribution < -0.4 is 9.46 Å².